The molecule has 0 aromatic heterocycles. The summed E-state index contributed by atoms with van der Waals surface area (Å²) >= 11 is 0. The van der Waals surface area contributed by atoms with E-state index in [9.17, 15) is 9.90 Å². The molecular weight excluding hydrogens is 226 g/mol. The Bertz CT molecular complexity index is 308. The molecule has 3 nitrogen and oxygen atoms in total. The topological polar surface area (TPSA) is 40.5 Å². The highest BCUT2D eigenvalue weighted by Crippen LogP contribution is 2.41. The minimum absolute atomic E-state index is 0.471. The minimum atomic E-state index is -0.568. The number of aliphatic carboxylic acids is 1. The van der Waals surface area contributed by atoms with E-state index in [0.29, 0.717) is 17.8 Å². The lowest BCUT2D eigenvalue weighted by molar-refractivity contribution is -0.153. The van der Waals surface area contributed by atoms with Gasteiger partial charge in [-0.1, -0.05) is 33.6 Å². The van der Waals surface area contributed by atoms with Crippen LogP contribution < -0.4 is 0 Å². The molecule has 2 rings (SSSR count). The molecule has 0 aromatic carbocycles. The molecule has 18 heavy (non-hydrogen) atoms. The van der Waals surface area contributed by atoms with Gasteiger partial charge in [0.1, 0.15) is 0 Å². The molecule has 3 heteroatoms. The van der Waals surface area contributed by atoms with Crippen molar-refractivity contribution in [2.24, 2.45) is 23.2 Å². The maximum atomic E-state index is 11.7. The second kappa shape index (κ2) is 5.20. The van der Waals surface area contributed by atoms with Crippen molar-refractivity contribution in [3.05, 3.63) is 0 Å². The van der Waals surface area contributed by atoms with Crippen LogP contribution in [0.1, 0.15) is 46.5 Å². The Morgan fingerprint density at radius 3 is 2.39 bits per heavy atom. The van der Waals surface area contributed by atoms with Crippen molar-refractivity contribution in [3.8, 4) is 0 Å². The Morgan fingerprint density at radius 2 is 1.89 bits per heavy atom. The van der Waals surface area contributed by atoms with Crippen molar-refractivity contribution in [1.29, 1.82) is 0 Å². The first-order chi connectivity index (χ1) is 8.43. The Labute approximate surface area is 111 Å². The normalized spacial score (nSPS) is 42.1. The summed E-state index contributed by atoms with van der Waals surface area (Å²) in [6, 6.07) is 0. The Hall–Kier alpha value is -0.570. The predicted molar refractivity (Wildman–Crippen MR) is 72.5 cm³/mol. The molecule has 1 N–H and O–H groups in total. The third-order valence-corrected chi connectivity index (χ3v) is 5.14. The van der Waals surface area contributed by atoms with Gasteiger partial charge in [-0.3, -0.25) is 4.79 Å². The lowest BCUT2D eigenvalue weighted by Gasteiger charge is -2.39. The van der Waals surface area contributed by atoms with Crippen molar-refractivity contribution in [2.45, 2.75) is 46.5 Å². The summed E-state index contributed by atoms with van der Waals surface area (Å²) in [5.41, 5.74) is -0.471. The standard InChI is InChI=1S/C15H27NO2/c1-11-5-4-6-15(7-11,14(17)18)10-16-8-12(2)13(3)9-16/h11-13H,4-10H2,1-3H3,(H,17,18). The largest absolute Gasteiger partial charge is 0.481 e. The number of rotatable bonds is 3. The summed E-state index contributed by atoms with van der Waals surface area (Å²) in [5.74, 6) is 1.40. The van der Waals surface area contributed by atoms with E-state index in [1.54, 1.807) is 0 Å². The molecule has 0 bridgehead atoms. The number of hydrogen-bond acceptors (Lipinski definition) is 2. The van der Waals surface area contributed by atoms with Crippen LogP contribution in [0.15, 0.2) is 0 Å². The first kappa shape index (κ1) is 13.9. The van der Waals surface area contributed by atoms with Gasteiger partial charge in [-0.15, -0.1) is 0 Å². The fraction of sp³-hybridized carbons (Fsp3) is 0.933. The van der Waals surface area contributed by atoms with Gasteiger partial charge in [0, 0.05) is 19.6 Å². The van der Waals surface area contributed by atoms with Crippen LogP contribution >= 0.6 is 0 Å². The summed E-state index contributed by atoms with van der Waals surface area (Å²) in [4.78, 5) is 14.1. The van der Waals surface area contributed by atoms with E-state index in [0.717, 1.165) is 38.9 Å². The van der Waals surface area contributed by atoms with Crippen LogP contribution in [0.2, 0.25) is 0 Å². The molecule has 1 aliphatic carbocycles. The number of carboxylic acids is 1. The van der Waals surface area contributed by atoms with Gasteiger partial charge in [-0.25, -0.2) is 0 Å². The van der Waals surface area contributed by atoms with E-state index < -0.39 is 11.4 Å². The average molecular weight is 253 g/mol. The maximum absolute atomic E-state index is 11.7. The van der Waals surface area contributed by atoms with Crippen LogP contribution in [0.4, 0.5) is 0 Å². The fourth-order valence-electron chi connectivity index (χ4n) is 3.87. The molecule has 0 spiro atoms. The molecular formula is C15H27NO2. The molecule has 1 saturated heterocycles. The fourth-order valence-corrected chi connectivity index (χ4v) is 3.87. The number of likely N-dealkylation sites (tertiary alicyclic amines) is 1. The summed E-state index contributed by atoms with van der Waals surface area (Å²) in [5, 5.41) is 9.67. The second-order valence-corrected chi connectivity index (χ2v) is 6.94. The predicted octanol–water partition coefficient (Wildman–Crippen LogP) is 2.86. The van der Waals surface area contributed by atoms with Crippen LogP contribution in [-0.2, 0) is 4.79 Å². The van der Waals surface area contributed by atoms with E-state index in [1.807, 2.05) is 0 Å². The minimum Gasteiger partial charge on any atom is -0.481 e. The van der Waals surface area contributed by atoms with Crippen molar-refractivity contribution in [3.63, 3.8) is 0 Å². The van der Waals surface area contributed by atoms with Crippen molar-refractivity contribution >= 4 is 5.97 Å². The third-order valence-electron chi connectivity index (χ3n) is 5.14. The van der Waals surface area contributed by atoms with Crippen molar-refractivity contribution in [2.75, 3.05) is 19.6 Å². The maximum Gasteiger partial charge on any atom is 0.310 e. The zero-order valence-electron chi connectivity index (χ0n) is 12.0. The van der Waals surface area contributed by atoms with Gasteiger partial charge in [0.15, 0.2) is 0 Å². The van der Waals surface area contributed by atoms with Gasteiger partial charge in [0.25, 0.3) is 0 Å². The van der Waals surface area contributed by atoms with Crippen LogP contribution in [0.25, 0.3) is 0 Å². The quantitative estimate of drug-likeness (QED) is 0.841. The van der Waals surface area contributed by atoms with Gasteiger partial charge in [0.05, 0.1) is 5.41 Å². The lowest BCUT2D eigenvalue weighted by Crippen LogP contribution is -2.45. The molecule has 0 amide bonds. The van der Waals surface area contributed by atoms with E-state index >= 15 is 0 Å². The van der Waals surface area contributed by atoms with E-state index in [4.69, 9.17) is 0 Å². The summed E-state index contributed by atoms with van der Waals surface area (Å²) in [6.07, 6.45) is 4.00. The van der Waals surface area contributed by atoms with Crippen molar-refractivity contribution in [1.82, 2.24) is 4.90 Å². The van der Waals surface area contributed by atoms with Crippen molar-refractivity contribution < 1.29 is 9.90 Å². The van der Waals surface area contributed by atoms with Gasteiger partial charge in [-0.05, 0) is 30.6 Å². The van der Waals surface area contributed by atoms with Crippen LogP contribution in [0, 0.1) is 23.2 Å². The molecule has 1 saturated carbocycles. The number of nitrogens with zero attached hydrogens (tertiary/aromatic N) is 1. The Balaban J connectivity index is 2.05. The van der Waals surface area contributed by atoms with Gasteiger partial charge < -0.3 is 10.0 Å². The monoisotopic (exact) mass is 253 g/mol. The molecule has 0 aromatic rings. The molecule has 104 valence electrons. The smallest absolute Gasteiger partial charge is 0.310 e. The molecule has 2 aliphatic rings. The number of carboxylic acid groups (broad SMARTS) is 1. The molecule has 1 aliphatic heterocycles. The third kappa shape index (κ3) is 2.71. The Morgan fingerprint density at radius 1 is 1.28 bits per heavy atom. The average Bonchev–Trinajstić information content (AvgIpc) is 2.57. The summed E-state index contributed by atoms with van der Waals surface area (Å²) in [6.45, 7) is 9.67. The molecule has 2 fully saturated rings. The highest BCUT2D eigenvalue weighted by atomic mass is 16.4. The SMILES string of the molecule is CC1CCCC(CN2CC(C)C(C)C2)(C(=O)O)C1. The summed E-state index contributed by atoms with van der Waals surface area (Å²) in [7, 11) is 0. The van der Waals surface area contributed by atoms with E-state index in [1.165, 1.54) is 6.42 Å². The van der Waals surface area contributed by atoms with Gasteiger partial charge >= 0.3 is 5.97 Å². The highest BCUT2D eigenvalue weighted by Gasteiger charge is 2.44. The lowest BCUT2D eigenvalue weighted by atomic mass is 9.69. The van der Waals surface area contributed by atoms with Crippen LogP contribution in [0.5, 0.6) is 0 Å². The Kier molecular flexibility index (Phi) is 4.00. The van der Waals surface area contributed by atoms with E-state index in [2.05, 4.69) is 25.7 Å². The zero-order chi connectivity index (χ0) is 13.3. The highest BCUT2D eigenvalue weighted by molar-refractivity contribution is 5.75. The first-order valence-electron chi connectivity index (χ1n) is 7.39. The molecule has 1 heterocycles. The first-order valence-corrected chi connectivity index (χ1v) is 7.39. The zero-order valence-corrected chi connectivity index (χ0v) is 12.0. The molecule has 0 radical (unpaired) electrons. The van der Waals surface area contributed by atoms with Gasteiger partial charge in [0.2, 0.25) is 0 Å². The van der Waals surface area contributed by atoms with Crippen LogP contribution in [-0.4, -0.2) is 35.6 Å². The van der Waals surface area contributed by atoms with E-state index in [-0.39, 0.29) is 0 Å². The second-order valence-electron chi connectivity index (χ2n) is 6.94. The number of hydrogen-bond donors (Lipinski definition) is 1. The molecule has 4 unspecified atom stereocenters. The van der Waals surface area contributed by atoms with Crippen LogP contribution in [0.3, 0.4) is 0 Å². The molecule has 4 atom stereocenters. The number of carbonyl (C=O) groups is 1. The van der Waals surface area contributed by atoms with Gasteiger partial charge in [-0.2, -0.15) is 0 Å². The summed E-state index contributed by atoms with van der Waals surface area (Å²) < 4.78 is 0.